The number of amides is 2. The van der Waals surface area contributed by atoms with E-state index in [1.165, 1.54) is 31.2 Å². The molecule has 0 radical (unpaired) electrons. The average Bonchev–Trinajstić information content (AvgIpc) is 3.11. The van der Waals surface area contributed by atoms with Crippen molar-refractivity contribution in [2.75, 3.05) is 26.2 Å². The number of hydrogen-bond donors (Lipinski definition) is 3. The summed E-state index contributed by atoms with van der Waals surface area (Å²) in [5.41, 5.74) is 6.80. The third-order valence-electron chi connectivity index (χ3n) is 5.52. The fraction of sp³-hybridized carbons (Fsp3) is 0.400. The lowest BCUT2D eigenvalue weighted by Crippen LogP contribution is -2.49. The third kappa shape index (κ3) is 9.19. The van der Waals surface area contributed by atoms with Crippen LogP contribution in [0.5, 0.6) is 5.75 Å². The largest absolute Gasteiger partial charge is 0.493 e. The zero-order valence-corrected chi connectivity index (χ0v) is 19.7. The summed E-state index contributed by atoms with van der Waals surface area (Å²) in [6.07, 6.45) is 6.11. The molecule has 1 fully saturated rings. The number of benzene rings is 2. The Morgan fingerprint density at radius 3 is 2.30 bits per heavy atom. The summed E-state index contributed by atoms with van der Waals surface area (Å²) in [5, 5.41) is 2.61. The standard InChI is InChI=1S/C25H32N4O3S/c30-23(14-18-29-16-6-1-2-7-17-29)27-28-25(33)26-24(31)21-10-12-22(13-11-21)32-19-15-20-8-4-3-5-9-20/h3-5,8-13H,1-2,6-7,14-19H2,(H,27,30)(H2,26,28,31,33). The van der Waals surface area contributed by atoms with Crippen LogP contribution in [0.4, 0.5) is 0 Å². The van der Waals surface area contributed by atoms with Crippen LogP contribution in [0.3, 0.4) is 0 Å². The number of carbonyl (C=O) groups excluding carboxylic acids is 2. The van der Waals surface area contributed by atoms with Crippen molar-refractivity contribution in [1.29, 1.82) is 0 Å². The average molecular weight is 469 g/mol. The van der Waals surface area contributed by atoms with Crippen molar-refractivity contribution in [3.63, 3.8) is 0 Å². The Balaban J connectivity index is 1.33. The van der Waals surface area contributed by atoms with E-state index in [0.717, 1.165) is 26.1 Å². The summed E-state index contributed by atoms with van der Waals surface area (Å²) in [5.74, 6) is 0.176. The second-order valence-electron chi connectivity index (χ2n) is 8.07. The van der Waals surface area contributed by atoms with Crippen LogP contribution in [-0.4, -0.2) is 48.1 Å². The van der Waals surface area contributed by atoms with Gasteiger partial charge in [-0.1, -0.05) is 43.2 Å². The molecule has 0 spiro atoms. The number of thiocarbonyl (C=S) groups is 1. The van der Waals surface area contributed by atoms with Gasteiger partial charge in [-0.25, -0.2) is 0 Å². The zero-order valence-electron chi connectivity index (χ0n) is 18.8. The van der Waals surface area contributed by atoms with Crippen LogP contribution < -0.4 is 20.9 Å². The molecule has 176 valence electrons. The molecule has 1 aliphatic heterocycles. The van der Waals surface area contributed by atoms with Gasteiger partial charge >= 0.3 is 0 Å². The fourth-order valence-electron chi connectivity index (χ4n) is 3.65. The Bertz CT molecular complexity index is 898. The highest BCUT2D eigenvalue weighted by Crippen LogP contribution is 2.13. The van der Waals surface area contributed by atoms with Crippen LogP contribution in [0.15, 0.2) is 54.6 Å². The minimum Gasteiger partial charge on any atom is -0.493 e. The van der Waals surface area contributed by atoms with Gasteiger partial charge in [0, 0.05) is 24.9 Å². The summed E-state index contributed by atoms with van der Waals surface area (Å²) in [4.78, 5) is 26.8. The van der Waals surface area contributed by atoms with E-state index in [1.54, 1.807) is 24.3 Å². The molecule has 2 aromatic rings. The van der Waals surface area contributed by atoms with Gasteiger partial charge in [0.05, 0.1) is 6.61 Å². The lowest BCUT2D eigenvalue weighted by molar-refractivity contribution is -0.122. The van der Waals surface area contributed by atoms with Gasteiger partial charge in [0.2, 0.25) is 5.91 Å². The van der Waals surface area contributed by atoms with E-state index in [-0.39, 0.29) is 16.9 Å². The molecule has 0 saturated carbocycles. The predicted octanol–water partition coefficient (Wildman–Crippen LogP) is 3.21. The Hall–Kier alpha value is -2.97. The van der Waals surface area contributed by atoms with Gasteiger partial charge in [0.25, 0.3) is 5.91 Å². The molecule has 3 rings (SSSR count). The van der Waals surface area contributed by atoms with Crippen molar-refractivity contribution in [3.8, 4) is 5.75 Å². The van der Waals surface area contributed by atoms with Crippen molar-refractivity contribution in [2.24, 2.45) is 0 Å². The molecule has 1 aliphatic rings. The lowest BCUT2D eigenvalue weighted by Gasteiger charge is -2.19. The number of nitrogens with one attached hydrogen (secondary N) is 3. The topological polar surface area (TPSA) is 82.7 Å². The molecular formula is C25H32N4O3S. The summed E-state index contributed by atoms with van der Waals surface area (Å²) < 4.78 is 5.74. The van der Waals surface area contributed by atoms with Gasteiger partial charge in [-0.2, -0.15) is 0 Å². The van der Waals surface area contributed by atoms with Gasteiger partial charge in [0.1, 0.15) is 5.75 Å². The van der Waals surface area contributed by atoms with Crippen LogP contribution in [0.2, 0.25) is 0 Å². The molecule has 0 aromatic heterocycles. The third-order valence-corrected chi connectivity index (χ3v) is 5.72. The van der Waals surface area contributed by atoms with E-state index in [9.17, 15) is 9.59 Å². The zero-order chi connectivity index (χ0) is 23.3. The molecule has 33 heavy (non-hydrogen) atoms. The van der Waals surface area contributed by atoms with Gasteiger partial charge < -0.3 is 9.64 Å². The Kier molecular flexibility index (Phi) is 10.1. The normalized spacial score (nSPS) is 14.1. The second kappa shape index (κ2) is 13.5. The molecule has 0 bridgehead atoms. The molecule has 2 aromatic carbocycles. The maximum Gasteiger partial charge on any atom is 0.257 e. The number of carbonyl (C=O) groups is 2. The number of ether oxygens (including phenoxy) is 1. The van der Waals surface area contributed by atoms with Gasteiger partial charge in [-0.05, 0) is 68.0 Å². The molecule has 7 nitrogen and oxygen atoms in total. The Morgan fingerprint density at radius 2 is 1.61 bits per heavy atom. The summed E-state index contributed by atoms with van der Waals surface area (Å²) >= 11 is 5.11. The highest BCUT2D eigenvalue weighted by atomic mass is 32.1. The van der Waals surface area contributed by atoms with E-state index < -0.39 is 0 Å². The molecule has 1 saturated heterocycles. The molecule has 3 N–H and O–H groups in total. The van der Waals surface area contributed by atoms with E-state index in [2.05, 4.69) is 33.2 Å². The van der Waals surface area contributed by atoms with Crippen LogP contribution in [-0.2, 0) is 11.2 Å². The number of rotatable bonds is 8. The van der Waals surface area contributed by atoms with E-state index in [0.29, 0.717) is 24.3 Å². The molecule has 8 heteroatoms. The number of hydrogen-bond acceptors (Lipinski definition) is 5. The Morgan fingerprint density at radius 1 is 0.909 bits per heavy atom. The smallest absolute Gasteiger partial charge is 0.257 e. The first-order valence-electron chi connectivity index (χ1n) is 11.5. The van der Waals surface area contributed by atoms with Gasteiger partial charge in [-0.15, -0.1) is 0 Å². The molecule has 2 amide bonds. The SMILES string of the molecule is O=C(CCN1CCCCCC1)NNC(=S)NC(=O)c1ccc(OCCc2ccccc2)cc1. The monoisotopic (exact) mass is 468 g/mol. The summed E-state index contributed by atoms with van der Waals surface area (Å²) in [6, 6.07) is 17.0. The van der Waals surface area contributed by atoms with Crippen molar-refractivity contribution in [2.45, 2.75) is 38.5 Å². The molecular weight excluding hydrogens is 436 g/mol. The molecule has 1 heterocycles. The van der Waals surface area contributed by atoms with Gasteiger partial charge in [-0.3, -0.25) is 25.8 Å². The first kappa shape index (κ1) is 24.7. The first-order chi connectivity index (χ1) is 16.1. The predicted molar refractivity (Wildman–Crippen MR) is 133 cm³/mol. The van der Waals surface area contributed by atoms with Crippen LogP contribution in [0, 0.1) is 0 Å². The highest BCUT2D eigenvalue weighted by Gasteiger charge is 2.12. The Labute approximate surface area is 200 Å². The van der Waals surface area contributed by atoms with E-state index >= 15 is 0 Å². The first-order valence-corrected chi connectivity index (χ1v) is 11.9. The summed E-state index contributed by atoms with van der Waals surface area (Å²) in [6.45, 7) is 3.38. The van der Waals surface area contributed by atoms with Crippen LogP contribution in [0.1, 0.15) is 48.0 Å². The fourth-order valence-corrected chi connectivity index (χ4v) is 3.79. The lowest BCUT2D eigenvalue weighted by atomic mass is 10.2. The van der Waals surface area contributed by atoms with E-state index in [4.69, 9.17) is 17.0 Å². The van der Waals surface area contributed by atoms with Crippen molar-refractivity contribution < 1.29 is 14.3 Å². The number of nitrogens with zero attached hydrogens (tertiary/aromatic N) is 1. The summed E-state index contributed by atoms with van der Waals surface area (Å²) in [7, 11) is 0. The maximum atomic E-state index is 12.4. The molecule has 0 atom stereocenters. The van der Waals surface area contributed by atoms with E-state index in [1.807, 2.05) is 18.2 Å². The van der Waals surface area contributed by atoms with Gasteiger partial charge in [0.15, 0.2) is 5.11 Å². The quantitative estimate of drug-likeness (QED) is 0.408. The molecule has 0 unspecified atom stereocenters. The minimum atomic E-state index is -0.359. The van der Waals surface area contributed by atoms with Crippen molar-refractivity contribution in [1.82, 2.24) is 21.1 Å². The van der Waals surface area contributed by atoms with Crippen LogP contribution >= 0.6 is 12.2 Å². The number of likely N-dealkylation sites (tertiary alicyclic amines) is 1. The van der Waals surface area contributed by atoms with Crippen LogP contribution in [0.25, 0.3) is 0 Å². The second-order valence-corrected chi connectivity index (χ2v) is 8.48. The maximum absolute atomic E-state index is 12.4. The molecule has 0 aliphatic carbocycles. The van der Waals surface area contributed by atoms with Crippen molar-refractivity contribution in [3.05, 3.63) is 65.7 Å². The number of hydrazine groups is 1. The minimum absolute atomic E-state index is 0.0475. The highest BCUT2D eigenvalue weighted by molar-refractivity contribution is 7.80. The van der Waals surface area contributed by atoms with Crippen molar-refractivity contribution >= 4 is 29.1 Å².